The van der Waals surface area contributed by atoms with E-state index in [1.54, 1.807) is 17.1 Å². The monoisotopic (exact) mass is 299 g/mol. The number of rotatable bonds is 4. The summed E-state index contributed by atoms with van der Waals surface area (Å²) in [6.45, 7) is 2.86. The highest BCUT2D eigenvalue weighted by atomic mass is 79.9. The molecule has 0 N–H and O–H groups in total. The lowest BCUT2D eigenvalue weighted by atomic mass is 10.4. The number of hydrogen-bond donors (Lipinski definition) is 0. The summed E-state index contributed by atoms with van der Waals surface area (Å²) in [7, 11) is 0. The van der Waals surface area contributed by atoms with Gasteiger partial charge in [-0.1, -0.05) is 6.92 Å². The molecule has 0 saturated heterocycles. The minimum absolute atomic E-state index is 0.0516. The van der Waals surface area contributed by atoms with Gasteiger partial charge in [-0.3, -0.25) is 4.68 Å². The van der Waals surface area contributed by atoms with Crippen LogP contribution in [0, 0.1) is 5.82 Å². The lowest BCUT2D eigenvalue weighted by molar-refractivity contribution is 0.421. The van der Waals surface area contributed by atoms with E-state index in [1.807, 2.05) is 0 Å². The SMILES string of the molecule is CCCn1cc(Oc2ncc(Br)cc2F)cn1. The van der Waals surface area contributed by atoms with Crippen LogP contribution < -0.4 is 4.74 Å². The minimum Gasteiger partial charge on any atom is -0.433 e. The summed E-state index contributed by atoms with van der Waals surface area (Å²) in [6.07, 6.45) is 5.71. The van der Waals surface area contributed by atoms with Crippen LogP contribution in [0.3, 0.4) is 0 Å². The van der Waals surface area contributed by atoms with Crippen LogP contribution >= 0.6 is 15.9 Å². The van der Waals surface area contributed by atoms with Crippen molar-refractivity contribution in [2.45, 2.75) is 19.9 Å². The number of aryl methyl sites for hydroxylation is 1. The van der Waals surface area contributed by atoms with E-state index in [2.05, 4.69) is 32.9 Å². The molecule has 0 aliphatic heterocycles. The Balaban J connectivity index is 2.13. The first-order valence-corrected chi connectivity index (χ1v) is 5.99. The van der Waals surface area contributed by atoms with E-state index < -0.39 is 5.82 Å². The Hall–Kier alpha value is -1.43. The quantitative estimate of drug-likeness (QED) is 0.869. The van der Waals surface area contributed by atoms with E-state index in [0.717, 1.165) is 13.0 Å². The summed E-state index contributed by atoms with van der Waals surface area (Å²) < 4.78 is 21.1. The Morgan fingerprint density at radius 2 is 2.29 bits per heavy atom. The predicted molar refractivity (Wildman–Crippen MR) is 64.5 cm³/mol. The molecule has 0 atom stereocenters. The molecule has 0 spiro atoms. The molecule has 0 bridgehead atoms. The van der Waals surface area contributed by atoms with Crippen molar-refractivity contribution < 1.29 is 9.13 Å². The highest BCUT2D eigenvalue weighted by Gasteiger charge is 2.08. The van der Waals surface area contributed by atoms with Crippen LogP contribution in [0.2, 0.25) is 0 Å². The van der Waals surface area contributed by atoms with Crippen LogP contribution in [-0.2, 0) is 6.54 Å². The van der Waals surface area contributed by atoms with Crippen LogP contribution in [0.4, 0.5) is 4.39 Å². The van der Waals surface area contributed by atoms with Gasteiger partial charge in [-0.15, -0.1) is 0 Å². The minimum atomic E-state index is -0.511. The second-order valence-corrected chi connectivity index (χ2v) is 4.40. The van der Waals surface area contributed by atoms with E-state index in [9.17, 15) is 4.39 Å². The molecule has 90 valence electrons. The van der Waals surface area contributed by atoms with Crippen molar-refractivity contribution in [2.75, 3.05) is 0 Å². The van der Waals surface area contributed by atoms with Gasteiger partial charge >= 0.3 is 0 Å². The van der Waals surface area contributed by atoms with E-state index in [-0.39, 0.29) is 5.88 Å². The third kappa shape index (κ3) is 3.03. The van der Waals surface area contributed by atoms with Gasteiger partial charge in [-0.2, -0.15) is 5.10 Å². The Labute approximate surface area is 107 Å². The Morgan fingerprint density at radius 3 is 3.00 bits per heavy atom. The number of halogens is 2. The largest absolute Gasteiger partial charge is 0.433 e. The molecule has 2 rings (SSSR count). The standard InChI is InChI=1S/C11H11BrFN3O/c1-2-3-16-7-9(6-15-16)17-11-10(13)4-8(12)5-14-11/h4-7H,2-3H2,1H3. The summed E-state index contributed by atoms with van der Waals surface area (Å²) >= 11 is 3.13. The van der Waals surface area contributed by atoms with Crippen molar-refractivity contribution in [1.82, 2.24) is 14.8 Å². The maximum Gasteiger partial charge on any atom is 0.256 e. The van der Waals surface area contributed by atoms with Crippen molar-refractivity contribution in [2.24, 2.45) is 0 Å². The normalized spacial score (nSPS) is 10.5. The fourth-order valence-electron chi connectivity index (χ4n) is 1.34. The molecule has 2 aromatic heterocycles. The molecule has 6 heteroatoms. The Bertz CT molecular complexity index is 515. The third-order valence-electron chi connectivity index (χ3n) is 2.05. The zero-order valence-corrected chi connectivity index (χ0v) is 10.8. The maximum absolute atomic E-state index is 13.4. The zero-order valence-electron chi connectivity index (χ0n) is 9.23. The van der Waals surface area contributed by atoms with Crippen molar-refractivity contribution in [1.29, 1.82) is 0 Å². The molecular weight excluding hydrogens is 289 g/mol. The zero-order chi connectivity index (χ0) is 12.3. The van der Waals surface area contributed by atoms with Gasteiger partial charge in [0.05, 0.1) is 12.4 Å². The smallest absolute Gasteiger partial charge is 0.256 e. The summed E-state index contributed by atoms with van der Waals surface area (Å²) in [6, 6.07) is 1.30. The fraction of sp³-hybridized carbons (Fsp3) is 0.273. The molecule has 2 heterocycles. The number of ether oxygens (including phenoxy) is 1. The first kappa shape index (κ1) is 12.0. The molecule has 4 nitrogen and oxygen atoms in total. The highest BCUT2D eigenvalue weighted by molar-refractivity contribution is 9.10. The summed E-state index contributed by atoms with van der Waals surface area (Å²) in [5.41, 5.74) is 0. The second kappa shape index (κ2) is 5.27. The van der Waals surface area contributed by atoms with Crippen molar-refractivity contribution in [3.8, 4) is 11.6 Å². The van der Waals surface area contributed by atoms with E-state index >= 15 is 0 Å². The molecule has 0 amide bonds. The molecule has 17 heavy (non-hydrogen) atoms. The van der Waals surface area contributed by atoms with Crippen molar-refractivity contribution >= 4 is 15.9 Å². The fourth-order valence-corrected chi connectivity index (χ4v) is 1.64. The molecular formula is C11H11BrFN3O. The van der Waals surface area contributed by atoms with Gasteiger partial charge in [0.2, 0.25) is 0 Å². The average molecular weight is 300 g/mol. The number of nitrogens with zero attached hydrogens (tertiary/aromatic N) is 3. The first-order chi connectivity index (χ1) is 8.19. The number of aromatic nitrogens is 3. The van der Waals surface area contributed by atoms with Gasteiger partial charge in [-0.25, -0.2) is 9.37 Å². The van der Waals surface area contributed by atoms with Gasteiger partial charge in [-0.05, 0) is 28.4 Å². The predicted octanol–water partition coefficient (Wildman–Crippen LogP) is 3.38. The molecule has 2 aromatic rings. The average Bonchev–Trinajstić information content (AvgIpc) is 2.71. The van der Waals surface area contributed by atoms with E-state index in [4.69, 9.17) is 4.74 Å². The summed E-state index contributed by atoms with van der Waals surface area (Å²) in [5.74, 6) is -0.0842. The second-order valence-electron chi connectivity index (χ2n) is 3.48. The molecule has 0 radical (unpaired) electrons. The molecule has 0 aliphatic carbocycles. The third-order valence-corrected chi connectivity index (χ3v) is 2.48. The molecule has 0 unspecified atom stereocenters. The highest BCUT2D eigenvalue weighted by Crippen LogP contribution is 2.23. The molecule has 0 aromatic carbocycles. The van der Waals surface area contributed by atoms with Crippen LogP contribution in [0.1, 0.15) is 13.3 Å². The van der Waals surface area contributed by atoms with Gasteiger partial charge < -0.3 is 4.74 Å². The van der Waals surface area contributed by atoms with Gasteiger partial charge in [0.15, 0.2) is 11.6 Å². The maximum atomic E-state index is 13.4. The van der Waals surface area contributed by atoms with Crippen LogP contribution in [0.15, 0.2) is 29.1 Å². The Morgan fingerprint density at radius 1 is 1.47 bits per heavy atom. The lowest BCUT2D eigenvalue weighted by Crippen LogP contribution is -1.95. The van der Waals surface area contributed by atoms with E-state index in [0.29, 0.717) is 10.2 Å². The van der Waals surface area contributed by atoms with Crippen LogP contribution in [0.25, 0.3) is 0 Å². The van der Waals surface area contributed by atoms with Gasteiger partial charge in [0.25, 0.3) is 5.88 Å². The topological polar surface area (TPSA) is 39.9 Å². The number of pyridine rings is 1. The van der Waals surface area contributed by atoms with Crippen LogP contribution in [-0.4, -0.2) is 14.8 Å². The van der Waals surface area contributed by atoms with Crippen molar-refractivity contribution in [3.05, 3.63) is 34.9 Å². The number of hydrogen-bond acceptors (Lipinski definition) is 3. The van der Waals surface area contributed by atoms with Gasteiger partial charge in [0, 0.05) is 17.2 Å². The van der Waals surface area contributed by atoms with Gasteiger partial charge in [0.1, 0.15) is 0 Å². The summed E-state index contributed by atoms with van der Waals surface area (Å²) in [4.78, 5) is 3.85. The summed E-state index contributed by atoms with van der Waals surface area (Å²) in [5, 5.41) is 4.08. The molecule has 0 saturated carbocycles. The first-order valence-electron chi connectivity index (χ1n) is 5.20. The molecule has 0 aliphatic rings. The van der Waals surface area contributed by atoms with Crippen LogP contribution in [0.5, 0.6) is 11.6 Å². The van der Waals surface area contributed by atoms with Crippen molar-refractivity contribution in [3.63, 3.8) is 0 Å². The van der Waals surface area contributed by atoms with E-state index in [1.165, 1.54) is 12.3 Å². The lowest BCUT2D eigenvalue weighted by Gasteiger charge is -2.02. The molecule has 0 fully saturated rings. The Kier molecular flexibility index (Phi) is 3.73.